The molecular formula is C15H20BNO4. The zero-order valence-electron chi connectivity index (χ0n) is 12.1. The van der Waals surface area contributed by atoms with Crippen LogP contribution < -0.4 is 10.2 Å². The molecule has 0 radical (unpaired) electrons. The highest BCUT2D eigenvalue weighted by atomic mass is 16.5. The first-order chi connectivity index (χ1) is 10.2. The Labute approximate surface area is 124 Å². The summed E-state index contributed by atoms with van der Waals surface area (Å²) in [6, 6.07) is 10.7. The monoisotopic (exact) mass is 289 g/mol. The molecule has 0 fully saturated rings. The first kappa shape index (κ1) is 15.6. The number of nitrogens with zero attached hydrogens (tertiary/aromatic N) is 1. The number of hydrogen-bond donors (Lipinski definition) is 2. The van der Waals surface area contributed by atoms with Crippen molar-refractivity contribution in [3.63, 3.8) is 0 Å². The number of likely N-dealkylation sites (N-methyl/N-ethyl adjacent to an activating group) is 1. The second kappa shape index (κ2) is 7.88. The first-order valence-electron chi connectivity index (χ1n) is 7.02. The van der Waals surface area contributed by atoms with Gasteiger partial charge in [0, 0.05) is 6.54 Å². The number of furan rings is 1. The van der Waals surface area contributed by atoms with Gasteiger partial charge in [0.15, 0.2) is 0 Å². The molecule has 0 atom stereocenters. The third-order valence-corrected chi connectivity index (χ3v) is 3.24. The Morgan fingerprint density at radius 3 is 2.76 bits per heavy atom. The van der Waals surface area contributed by atoms with E-state index in [-0.39, 0.29) is 0 Å². The second-order valence-corrected chi connectivity index (χ2v) is 4.74. The van der Waals surface area contributed by atoms with Crippen LogP contribution in [0.25, 0.3) is 0 Å². The highest BCUT2D eigenvalue weighted by Gasteiger charge is 2.11. The van der Waals surface area contributed by atoms with Crippen LogP contribution in [0.5, 0.6) is 5.75 Å². The molecule has 6 heteroatoms. The minimum atomic E-state index is -1.47. The third-order valence-electron chi connectivity index (χ3n) is 3.24. The summed E-state index contributed by atoms with van der Waals surface area (Å²) in [5.74, 6) is 1.57. The molecule has 0 amide bonds. The Hall–Kier alpha value is -1.76. The third kappa shape index (κ3) is 4.93. The average Bonchev–Trinajstić information content (AvgIpc) is 2.99. The summed E-state index contributed by atoms with van der Waals surface area (Å²) in [6.45, 7) is 5.04. The van der Waals surface area contributed by atoms with Gasteiger partial charge >= 0.3 is 7.12 Å². The molecule has 0 aliphatic carbocycles. The normalized spacial score (nSPS) is 10.9. The summed E-state index contributed by atoms with van der Waals surface area (Å²) < 4.78 is 11.0. The summed E-state index contributed by atoms with van der Waals surface area (Å²) in [6.07, 6.45) is 1.67. The highest BCUT2D eigenvalue weighted by molar-refractivity contribution is 6.58. The molecule has 0 bridgehead atoms. The Morgan fingerprint density at radius 1 is 1.24 bits per heavy atom. The van der Waals surface area contributed by atoms with E-state index in [1.54, 1.807) is 30.5 Å². The molecule has 0 aliphatic heterocycles. The van der Waals surface area contributed by atoms with Crippen LogP contribution in [0.3, 0.4) is 0 Å². The highest BCUT2D eigenvalue weighted by Crippen LogP contribution is 2.09. The topological polar surface area (TPSA) is 66.1 Å². The first-order valence-corrected chi connectivity index (χ1v) is 7.02. The van der Waals surface area contributed by atoms with Crippen molar-refractivity contribution >= 4 is 12.6 Å². The lowest BCUT2D eigenvalue weighted by Gasteiger charge is -2.19. The molecule has 2 rings (SSSR count). The minimum Gasteiger partial charge on any atom is -0.492 e. The summed E-state index contributed by atoms with van der Waals surface area (Å²) >= 11 is 0. The van der Waals surface area contributed by atoms with E-state index in [0.717, 1.165) is 25.4 Å². The van der Waals surface area contributed by atoms with Crippen LogP contribution in [0.4, 0.5) is 0 Å². The molecule has 1 heterocycles. The molecule has 5 nitrogen and oxygen atoms in total. The van der Waals surface area contributed by atoms with Gasteiger partial charge in [-0.3, -0.25) is 4.90 Å². The van der Waals surface area contributed by atoms with E-state index in [1.807, 2.05) is 12.1 Å². The quantitative estimate of drug-likeness (QED) is 0.706. The molecule has 112 valence electrons. The Balaban J connectivity index is 1.81. The molecule has 0 saturated heterocycles. The maximum atomic E-state index is 9.12. The van der Waals surface area contributed by atoms with Crippen LogP contribution in [-0.2, 0) is 6.54 Å². The fraction of sp³-hybridized carbons (Fsp3) is 0.333. The fourth-order valence-corrected chi connectivity index (χ4v) is 2.03. The maximum Gasteiger partial charge on any atom is 0.488 e. The summed E-state index contributed by atoms with van der Waals surface area (Å²) in [4.78, 5) is 2.21. The predicted molar refractivity (Wildman–Crippen MR) is 81.4 cm³/mol. The Kier molecular flexibility index (Phi) is 5.86. The van der Waals surface area contributed by atoms with Gasteiger partial charge < -0.3 is 19.2 Å². The van der Waals surface area contributed by atoms with Crippen LogP contribution in [0.1, 0.15) is 12.7 Å². The van der Waals surface area contributed by atoms with Crippen LogP contribution >= 0.6 is 0 Å². The molecule has 2 aromatic rings. The van der Waals surface area contributed by atoms with Crippen molar-refractivity contribution in [1.29, 1.82) is 0 Å². The van der Waals surface area contributed by atoms with E-state index < -0.39 is 7.12 Å². The molecule has 1 aromatic carbocycles. The van der Waals surface area contributed by atoms with E-state index in [9.17, 15) is 0 Å². The van der Waals surface area contributed by atoms with E-state index in [2.05, 4.69) is 11.8 Å². The Bertz CT molecular complexity index is 530. The molecule has 2 N–H and O–H groups in total. The lowest BCUT2D eigenvalue weighted by Crippen LogP contribution is -2.30. The van der Waals surface area contributed by atoms with Crippen molar-refractivity contribution in [2.75, 3.05) is 19.7 Å². The van der Waals surface area contributed by atoms with Crippen molar-refractivity contribution in [2.24, 2.45) is 0 Å². The van der Waals surface area contributed by atoms with Gasteiger partial charge in [-0.1, -0.05) is 19.1 Å². The molecule has 0 saturated carbocycles. The maximum absolute atomic E-state index is 9.12. The number of benzene rings is 1. The zero-order chi connectivity index (χ0) is 15.1. The van der Waals surface area contributed by atoms with Crippen molar-refractivity contribution in [1.82, 2.24) is 4.90 Å². The molecule has 0 aliphatic rings. The largest absolute Gasteiger partial charge is 0.492 e. The number of rotatable bonds is 8. The predicted octanol–water partition coefficient (Wildman–Crippen LogP) is 0.860. The fourth-order valence-electron chi connectivity index (χ4n) is 2.03. The molecule has 0 spiro atoms. The van der Waals surface area contributed by atoms with Crippen molar-refractivity contribution in [2.45, 2.75) is 13.5 Å². The zero-order valence-corrected chi connectivity index (χ0v) is 12.1. The minimum absolute atomic E-state index is 0.426. The van der Waals surface area contributed by atoms with E-state index in [1.165, 1.54) is 0 Å². The molecule has 21 heavy (non-hydrogen) atoms. The van der Waals surface area contributed by atoms with Gasteiger partial charge in [-0.25, -0.2) is 0 Å². The summed E-state index contributed by atoms with van der Waals surface area (Å²) in [7, 11) is -1.47. The van der Waals surface area contributed by atoms with Crippen LogP contribution in [0, 0.1) is 0 Å². The van der Waals surface area contributed by atoms with E-state index in [4.69, 9.17) is 19.2 Å². The standard InChI is InChI=1S/C15H20BNO4/c1-2-17(12-15-7-4-9-20-15)8-10-21-14-6-3-5-13(11-14)16(18)19/h3-7,9,11,18-19H,2,8,10,12H2,1H3. The van der Waals surface area contributed by atoms with Crippen LogP contribution in [0.2, 0.25) is 0 Å². The lowest BCUT2D eigenvalue weighted by atomic mass is 9.80. The van der Waals surface area contributed by atoms with Crippen molar-refractivity contribution in [3.05, 3.63) is 48.4 Å². The second-order valence-electron chi connectivity index (χ2n) is 4.74. The molecule has 0 unspecified atom stereocenters. The molecular weight excluding hydrogens is 269 g/mol. The Morgan fingerprint density at radius 2 is 2.10 bits per heavy atom. The summed E-state index contributed by atoms with van der Waals surface area (Å²) in [5.41, 5.74) is 0.426. The van der Waals surface area contributed by atoms with Gasteiger partial charge in [-0.15, -0.1) is 0 Å². The van der Waals surface area contributed by atoms with Gasteiger partial charge in [0.2, 0.25) is 0 Å². The number of ether oxygens (including phenoxy) is 1. The average molecular weight is 289 g/mol. The van der Waals surface area contributed by atoms with Gasteiger partial charge in [0.1, 0.15) is 18.1 Å². The van der Waals surface area contributed by atoms with E-state index in [0.29, 0.717) is 17.8 Å². The van der Waals surface area contributed by atoms with Crippen molar-refractivity contribution < 1.29 is 19.2 Å². The van der Waals surface area contributed by atoms with Gasteiger partial charge in [0.05, 0.1) is 12.8 Å². The summed E-state index contributed by atoms with van der Waals surface area (Å²) in [5, 5.41) is 18.2. The van der Waals surface area contributed by atoms with Crippen molar-refractivity contribution in [3.8, 4) is 5.75 Å². The number of hydrogen-bond acceptors (Lipinski definition) is 5. The van der Waals surface area contributed by atoms with Gasteiger partial charge in [-0.05, 0) is 36.3 Å². The lowest BCUT2D eigenvalue weighted by molar-refractivity contribution is 0.199. The van der Waals surface area contributed by atoms with E-state index >= 15 is 0 Å². The van der Waals surface area contributed by atoms with Gasteiger partial charge in [0.25, 0.3) is 0 Å². The molecule has 1 aromatic heterocycles. The SMILES string of the molecule is CCN(CCOc1cccc(B(O)O)c1)Cc1ccco1. The smallest absolute Gasteiger partial charge is 0.488 e. The van der Waals surface area contributed by atoms with Crippen LogP contribution in [-0.4, -0.2) is 41.8 Å². The van der Waals surface area contributed by atoms with Gasteiger partial charge in [-0.2, -0.15) is 0 Å². The van der Waals surface area contributed by atoms with Crippen LogP contribution in [0.15, 0.2) is 47.1 Å².